The van der Waals surface area contributed by atoms with E-state index in [1.807, 2.05) is 6.92 Å². The molecule has 0 aliphatic carbocycles. The van der Waals surface area contributed by atoms with Crippen molar-refractivity contribution in [1.29, 1.82) is 0 Å². The van der Waals surface area contributed by atoms with Gasteiger partial charge in [-0.1, -0.05) is 6.92 Å². The van der Waals surface area contributed by atoms with E-state index in [2.05, 4.69) is 15.3 Å². The van der Waals surface area contributed by atoms with Crippen molar-refractivity contribution in [2.45, 2.75) is 59.2 Å². The molecule has 0 atom stereocenters. The maximum atomic E-state index is 14.5. The Morgan fingerprint density at radius 2 is 1.94 bits per heavy atom. The van der Waals surface area contributed by atoms with Crippen LogP contribution in [0.5, 0.6) is 11.6 Å². The third-order valence-corrected chi connectivity index (χ3v) is 4.99. The largest absolute Gasteiger partial charge is 0.528 e. The van der Waals surface area contributed by atoms with Crippen LogP contribution in [0.2, 0.25) is 0 Å². The van der Waals surface area contributed by atoms with Gasteiger partial charge in [0.1, 0.15) is 18.2 Å². The number of halogens is 2. The minimum absolute atomic E-state index is 0.0761. The number of hydroxylamine groups is 2. The van der Waals surface area contributed by atoms with E-state index in [-0.39, 0.29) is 23.6 Å². The fraction of sp³-hybridized carbons (Fsp3) is 0.522. The first-order valence-corrected chi connectivity index (χ1v) is 11.3. The Labute approximate surface area is 197 Å². The zero-order valence-electron chi connectivity index (χ0n) is 19.8. The van der Waals surface area contributed by atoms with Crippen LogP contribution in [-0.4, -0.2) is 53.1 Å². The van der Waals surface area contributed by atoms with Crippen LogP contribution in [0.1, 0.15) is 45.6 Å². The molecular weight excluding hydrogens is 450 g/mol. The minimum atomic E-state index is -0.731. The predicted octanol–water partition coefficient (Wildman–Crippen LogP) is 4.92. The van der Waals surface area contributed by atoms with E-state index in [1.54, 1.807) is 20.8 Å². The molecule has 34 heavy (non-hydrogen) atoms. The summed E-state index contributed by atoms with van der Waals surface area (Å²) in [6.07, 6.45) is 2.02. The number of rotatable bonds is 9. The summed E-state index contributed by atoms with van der Waals surface area (Å²) >= 11 is 0. The van der Waals surface area contributed by atoms with E-state index in [4.69, 9.17) is 19.0 Å². The molecule has 1 fully saturated rings. The molecule has 1 aliphatic heterocycles. The van der Waals surface area contributed by atoms with Crippen molar-refractivity contribution in [1.82, 2.24) is 15.0 Å². The molecule has 0 amide bonds. The normalized spacial score (nSPS) is 14.7. The van der Waals surface area contributed by atoms with Crippen LogP contribution >= 0.6 is 0 Å². The summed E-state index contributed by atoms with van der Waals surface area (Å²) in [5.74, 6) is -0.855. The van der Waals surface area contributed by atoms with Crippen molar-refractivity contribution in [2.75, 3.05) is 25.0 Å². The van der Waals surface area contributed by atoms with Gasteiger partial charge in [-0.2, -0.15) is 0 Å². The molecule has 0 unspecified atom stereocenters. The third-order valence-electron chi connectivity index (χ3n) is 4.99. The van der Waals surface area contributed by atoms with Gasteiger partial charge in [-0.3, -0.25) is 0 Å². The summed E-state index contributed by atoms with van der Waals surface area (Å²) < 4.78 is 45.0. The summed E-state index contributed by atoms with van der Waals surface area (Å²) in [5, 5.41) is 4.34. The second kappa shape index (κ2) is 11.8. The smallest absolute Gasteiger partial charge is 0.490 e. The van der Waals surface area contributed by atoms with Crippen molar-refractivity contribution in [3.05, 3.63) is 35.7 Å². The third kappa shape index (κ3) is 6.89. The summed E-state index contributed by atoms with van der Waals surface area (Å²) in [7, 11) is 0. The number of hydrogen-bond acceptors (Lipinski definition) is 9. The summed E-state index contributed by atoms with van der Waals surface area (Å²) in [6.45, 7) is 8.34. The Hall–Kier alpha value is -3.21. The number of nitrogens with one attached hydrogen (secondary N) is 1. The molecule has 3 rings (SSSR count). The quantitative estimate of drug-likeness (QED) is 0.502. The molecule has 11 heteroatoms. The molecule has 1 aromatic heterocycles. The zero-order chi connectivity index (χ0) is 24.7. The highest BCUT2D eigenvalue weighted by molar-refractivity contribution is 5.62. The van der Waals surface area contributed by atoms with Crippen LogP contribution < -0.4 is 14.8 Å². The van der Waals surface area contributed by atoms with Crippen LogP contribution in [0.4, 0.5) is 25.1 Å². The average molecular weight is 481 g/mol. The topological polar surface area (TPSA) is 95.0 Å². The van der Waals surface area contributed by atoms with Gasteiger partial charge in [-0.15, -0.1) is 5.06 Å². The van der Waals surface area contributed by atoms with Crippen LogP contribution in [0, 0.1) is 18.6 Å². The van der Waals surface area contributed by atoms with Gasteiger partial charge >= 0.3 is 6.16 Å². The molecule has 0 radical (unpaired) electrons. The van der Waals surface area contributed by atoms with Crippen LogP contribution in [0.25, 0.3) is 0 Å². The van der Waals surface area contributed by atoms with Crippen LogP contribution in [0.15, 0.2) is 18.5 Å². The Morgan fingerprint density at radius 3 is 2.62 bits per heavy atom. The molecule has 186 valence electrons. The lowest BCUT2D eigenvalue weighted by atomic mass is 10.1. The molecule has 1 N–H and O–H groups in total. The van der Waals surface area contributed by atoms with Gasteiger partial charge in [0.25, 0.3) is 0 Å². The van der Waals surface area contributed by atoms with E-state index >= 15 is 0 Å². The Kier molecular flexibility index (Phi) is 8.80. The van der Waals surface area contributed by atoms with E-state index in [0.29, 0.717) is 56.2 Å². The highest BCUT2D eigenvalue weighted by Gasteiger charge is 2.25. The molecule has 9 nitrogen and oxygen atoms in total. The molecule has 0 bridgehead atoms. The molecule has 2 aromatic rings. The monoisotopic (exact) mass is 480 g/mol. The van der Waals surface area contributed by atoms with Gasteiger partial charge in [-0.25, -0.2) is 23.5 Å². The number of hydrogen-bond donors (Lipinski definition) is 1. The van der Waals surface area contributed by atoms with Gasteiger partial charge in [0, 0.05) is 38.1 Å². The average Bonchev–Trinajstić information content (AvgIpc) is 2.78. The molecule has 1 saturated heterocycles. The maximum absolute atomic E-state index is 14.5. The number of benzene rings is 1. The molecule has 0 saturated carbocycles. The molecule has 1 aliphatic rings. The van der Waals surface area contributed by atoms with Crippen LogP contribution in [-0.2, 0) is 9.57 Å². The number of carbonyl (C=O) groups excluding carboxylic acids is 1. The summed E-state index contributed by atoms with van der Waals surface area (Å²) in [5.41, 5.74) is 0.473. The first-order chi connectivity index (χ1) is 16.3. The van der Waals surface area contributed by atoms with Crippen molar-refractivity contribution in [2.24, 2.45) is 0 Å². The van der Waals surface area contributed by atoms with E-state index in [1.165, 1.54) is 11.4 Å². The van der Waals surface area contributed by atoms with Crippen molar-refractivity contribution >= 4 is 17.7 Å². The number of nitrogens with zero attached hydrogens (tertiary/aromatic N) is 3. The van der Waals surface area contributed by atoms with Gasteiger partial charge in [-0.05, 0) is 27.2 Å². The number of anilines is 2. The standard InChI is InChI=1S/C23H30F2N4O5/c1-5-10-31-20-12-17(24)19(11-18(20)25)28-21-15(4)22(27-13-26-21)33-16-6-8-29(9-7-16)34-23(30)32-14(2)3/h11-14,16H,5-10H2,1-4H3,(H,26,27,28). The van der Waals surface area contributed by atoms with E-state index < -0.39 is 17.8 Å². The Balaban J connectivity index is 1.61. The number of ether oxygens (including phenoxy) is 3. The molecule has 2 heterocycles. The first-order valence-electron chi connectivity index (χ1n) is 11.3. The van der Waals surface area contributed by atoms with E-state index in [9.17, 15) is 13.6 Å². The van der Waals surface area contributed by atoms with Crippen molar-refractivity contribution in [3.63, 3.8) is 0 Å². The van der Waals surface area contributed by atoms with Gasteiger partial charge < -0.3 is 24.4 Å². The lowest BCUT2D eigenvalue weighted by Gasteiger charge is -2.30. The van der Waals surface area contributed by atoms with Gasteiger partial charge in [0.15, 0.2) is 17.4 Å². The Morgan fingerprint density at radius 1 is 1.21 bits per heavy atom. The number of piperidine rings is 1. The van der Waals surface area contributed by atoms with Crippen molar-refractivity contribution < 1.29 is 32.6 Å². The SMILES string of the molecule is CCCOc1cc(F)c(Nc2ncnc(OC3CCN(OC(=O)OC(C)C)CC3)c2C)cc1F. The zero-order valence-corrected chi connectivity index (χ0v) is 19.8. The highest BCUT2D eigenvalue weighted by atomic mass is 19.1. The highest BCUT2D eigenvalue weighted by Crippen LogP contribution is 2.30. The van der Waals surface area contributed by atoms with Gasteiger partial charge in [0.2, 0.25) is 5.88 Å². The fourth-order valence-electron chi connectivity index (χ4n) is 3.27. The maximum Gasteiger partial charge on any atom is 0.528 e. The van der Waals surface area contributed by atoms with Crippen molar-refractivity contribution in [3.8, 4) is 11.6 Å². The van der Waals surface area contributed by atoms with Crippen LogP contribution in [0.3, 0.4) is 0 Å². The lowest BCUT2D eigenvalue weighted by Crippen LogP contribution is -2.40. The second-order valence-electron chi connectivity index (χ2n) is 8.14. The minimum Gasteiger partial charge on any atom is -0.490 e. The van der Waals surface area contributed by atoms with Gasteiger partial charge in [0.05, 0.1) is 24.0 Å². The van der Waals surface area contributed by atoms with E-state index in [0.717, 1.165) is 12.1 Å². The second-order valence-corrected chi connectivity index (χ2v) is 8.14. The number of aromatic nitrogens is 2. The summed E-state index contributed by atoms with van der Waals surface area (Å²) in [4.78, 5) is 25.1. The molecule has 0 spiro atoms. The number of carbonyl (C=O) groups is 1. The first kappa shape index (κ1) is 25.4. The summed E-state index contributed by atoms with van der Waals surface area (Å²) in [6, 6.07) is 2.04. The fourth-order valence-corrected chi connectivity index (χ4v) is 3.27. The molecular formula is C23H30F2N4O5. The predicted molar refractivity (Wildman–Crippen MR) is 120 cm³/mol. The lowest BCUT2D eigenvalue weighted by molar-refractivity contribution is -0.151. The molecule has 1 aromatic carbocycles. The Bertz CT molecular complexity index is 984.